The van der Waals surface area contributed by atoms with E-state index in [1.165, 1.54) is 25.7 Å². The van der Waals surface area contributed by atoms with Crippen molar-refractivity contribution in [3.05, 3.63) is 0 Å². The summed E-state index contributed by atoms with van der Waals surface area (Å²) in [5.74, 6) is 1.16. The van der Waals surface area contributed by atoms with E-state index in [1.54, 1.807) is 0 Å². The van der Waals surface area contributed by atoms with Crippen molar-refractivity contribution in [2.45, 2.75) is 58.0 Å². The molecule has 2 aliphatic rings. The first-order valence-electron chi connectivity index (χ1n) is 6.74. The Balaban J connectivity index is 0.00000144. The van der Waals surface area contributed by atoms with Crippen LogP contribution in [0.2, 0.25) is 0 Å². The van der Waals surface area contributed by atoms with Gasteiger partial charge in [-0.05, 0) is 51.5 Å². The summed E-state index contributed by atoms with van der Waals surface area (Å²) in [6, 6.07) is 0.936. The van der Waals surface area contributed by atoms with Gasteiger partial charge in [-0.15, -0.1) is 12.4 Å². The average molecular weight is 261 g/mol. The van der Waals surface area contributed by atoms with Crippen molar-refractivity contribution < 1.29 is 4.79 Å². The van der Waals surface area contributed by atoms with Crippen molar-refractivity contribution in [1.82, 2.24) is 10.2 Å². The number of rotatable bonds is 5. The largest absolute Gasteiger partial charge is 0.336 e. The van der Waals surface area contributed by atoms with Gasteiger partial charge in [-0.2, -0.15) is 0 Å². The molecule has 0 aromatic heterocycles. The molecule has 1 saturated carbocycles. The zero-order valence-electron chi connectivity index (χ0n) is 10.9. The molecule has 0 aromatic carbocycles. The Hall–Kier alpha value is -0.280. The molecule has 1 aliphatic carbocycles. The van der Waals surface area contributed by atoms with E-state index >= 15 is 0 Å². The number of hydrogen-bond acceptors (Lipinski definition) is 2. The fourth-order valence-corrected chi connectivity index (χ4v) is 2.72. The normalized spacial score (nSPS) is 28.0. The van der Waals surface area contributed by atoms with Gasteiger partial charge in [-0.1, -0.05) is 6.92 Å². The third-order valence-electron chi connectivity index (χ3n) is 3.95. The van der Waals surface area contributed by atoms with Gasteiger partial charge in [-0.25, -0.2) is 0 Å². The standard InChI is InChI=1S/C13H24N2O.ClH/c1-3-12-7-4-10(2)15(12)13(16)9-14-8-11-5-6-11;/h10-12,14H,3-9H2,1-2H3;1H. The maximum atomic E-state index is 12.1. The quantitative estimate of drug-likeness (QED) is 0.822. The SMILES string of the molecule is CCC1CCC(C)N1C(=O)CNCC1CC1.Cl. The van der Waals surface area contributed by atoms with Crippen LogP contribution in [0.3, 0.4) is 0 Å². The van der Waals surface area contributed by atoms with E-state index in [1.807, 2.05) is 0 Å². The Morgan fingerprint density at radius 2 is 2.00 bits per heavy atom. The summed E-state index contributed by atoms with van der Waals surface area (Å²) in [6.45, 7) is 5.93. The molecule has 1 N–H and O–H groups in total. The lowest BCUT2D eigenvalue weighted by Gasteiger charge is -2.28. The van der Waals surface area contributed by atoms with E-state index in [4.69, 9.17) is 0 Å². The van der Waals surface area contributed by atoms with E-state index in [0.717, 1.165) is 18.9 Å². The third-order valence-corrected chi connectivity index (χ3v) is 3.95. The zero-order chi connectivity index (χ0) is 11.5. The van der Waals surface area contributed by atoms with Crippen LogP contribution in [0.4, 0.5) is 0 Å². The van der Waals surface area contributed by atoms with Gasteiger partial charge in [0.2, 0.25) is 5.91 Å². The average Bonchev–Trinajstić information content (AvgIpc) is 3.00. The molecule has 4 heteroatoms. The summed E-state index contributed by atoms with van der Waals surface area (Å²) in [5, 5.41) is 3.30. The molecule has 1 amide bonds. The molecular formula is C13H25ClN2O. The topological polar surface area (TPSA) is 32.3 Å². The van der Waals surface area contributed by atoms with Gasteiger partial charge in [0.05, 0.1) is 6.54 Å². The van der Waals surface area contributed by atoms with Crippen molar-refractivity contribution in [2.24, 2.45) is 5.92 Å². The monoisotopic (exact) mass is 260 g/mol. The van der Waals surface area contributed by atoms with Crippen molar-refractivity contribution in [3.63, 3.8) is 0 Å². The first kappa shape index (κ1) is 14.8. The van der Waals surface area contributed by atoms with Crippen LogP contribution in [0.5, 0.6) is 0 Å². The van der Waals surface area contributed by atoms with Crippen LogP contribution in [0.15, 0.2) is 0 Å². The van der Waals surface area contributed by atoms with Gasteiger partial charge in [0.15, 0.2) is 0 Å². The van der Waals surface area contributed by atoms with Gasteiger partial charge >= 0.3 is 0 Å². The van der Waals surface area contributed by atoms with E-state index in [0.29, 0.717) is 24.5 Å². The maximum Gasteiger partial charge on any atom is 0.237 e. The van der Waals surface area contributed by atoms with Crippen LogP contribution in [0.25, 0.3) is 0 Å². The molecule has 100 valence electrons. The smallest absolute Gasteiger partial charge is 0.237 e. The van der Waals surface area contributed by atoms with Crippen LogP contribution >= 0.6 is 12.4 Å². The molecule has 1 aliphatic heterocycles. The molecule has 0 radical (unpaired) electrons. The predicted molar refractivity (Wildman–Crippen MR) is 72.5 cm³/mol. The number of likely N-dealkylation sites (tertiary alicyclic amines) is 1. The first-order chi connectivity index (χ1) is 7.72. The second kappa shape index (κ2) is 6.60. The van der Waals surface area contributed by atoms with Crippen LogP contribution in [0.1, 0.15) is 46.0 Å². The summed E-state index contributed by atoms with van der Waals surface area (Å²) >= 11 is 0. The minimum absolute atomic E-state index is 0. The predicted octanol–water partition coefficient (Wildman–Crippen LogP) is 2.20. The number of amides is 1. The summed E-state index contributed by atoms with van der Waals surface area (Å²) in [7, 11) is 0. The molecular weight excluding hydrogens is 236 g/mol. The molecule has 0 spiro atoms. The fraction of sp³-hybridized carbons (Fsp3) is 0.923. The van der Waals surface area contributed by atoms with Crippen LogP contribution in [0, 0.1) is 5.92 Å². The number of carbonyl (C=O) groups is 1. The van der Waals surface area contributed by atoms with Crippen LogP contribution < -0.4 is 5.32 Å². The Bertz CT molecular complexity index is 256. The third kappa shape index (κ3) is 3.85. The lowest BCUT2D eigenvalue weighted by atomic mass is 10.1. The molecule has 17 heavy (non-hydrogen) atoms. The molecule has 0 bridgehead atoms. The van der Waals surface area contributed by atoms with Crippen LogP contribution in [-0.4, -0.2) is 36.0 Å². The second-order valence-corrected chi connectivity index (χ2v) is 5.36. The number of nitrogens with zero attached hydrogens (tertiary/aromatic N) is 1. The van der Waals surface area contributed by atoms with E-state index in [-0.39, 0.29) is 12.4 Å². The number of halogens is 1. The van der Waals surface area contributed by atoms with Crippen molar-refractivity contribution >= 4 is 18.3 Å². The highest BCUT2D eigenvalue weighted by molar-refractivity contribution is 5.85. The minimum atomic E-state index is 0. The van der Waals surface area contributed by atoms with Gasteiger partial charge < -0.3 is 10.2 Å². The van der Waals surface area contributed by atoms with Crippen LogP contribution in [-0.2, 0) is 4.79 Å². The summed E-state index contributed by atoms with van der Waals surface area (Å²) in [6.07, 6.45) is 6.15. The lowest BCUT2D eigenvalue weighted by Crippen LogP contribution is -2.44. The second-order valence-electron chi connectivity index (χ2n) is 5.36. The molecule has 2 fully saturated rings. The molecule has 2 atom stereocenters. The van der Waals surface area contributed by atoms with Crippen molar-refractivity contribution in [2.75, 3.05) is 13.1 Å². The highest BCUT2D eigenvalue weighted by atomic mass is 35.5. The summed E-state index contributed by atoms with van der Waals surface area (Å²) in [4.78, 5) is 14.2. The number of carbonyl (C=O) groups excluding carboxylic acids is 1. The van der Waals surface area contributed by atoms with E-state index in [9.17, 15) is 4.79 Å². The lowest BCUT2D eigenvalue weighted by molar-refractivity contribution is -0.132. The van der Waals surface area contributed by atoms with E-state index < -0.39 is 0 Å². The fourth-order valence-electron chi connectivity index (χ4n) is 2.72. The molecule has 3 nitrogen and oxygen atoms in total. The highest BCUT2D eigenvalue weighted by Gasteiger charge is 2.32. The zero-order valence-corrected chi connectivity index (χ0v) is 11.8. The van der Waals surface area contributed by atoms with Gasteiger partial charge in [-0.3, -0.25) is 4.79 Å². The Morgan fingerprint density at radius 3 is 2.59 bits per heavy atom. The van der Waals surface area contributed by atoms with Crippen molar-refractivity contribution in [1.29, 1.82) is 0 Å². The van der Waals surface area contributed by atoms with Gasteiger partial charge in [0, 0.05) is 12.1 Å². The van der Waals surface area contributed by atoms with Gasteiger partial charge in [0.1, 0.15) is 0 Å². The van der Waals surface area contributed by atoms with Gasteiger partial charge in [0.25, 0.3) is 0 Å². The molecule has 0 aromatic rings. The Kier molecular flexibility index (Phi) is 5.74. The number of hydrogen-bond donors (Lipinski definition) is 1. The molecule has 2 unspecified atom stereocenters. The number of nitrogens with one attached hydrogen (secondary N) is 1. The molecule has 2 rings (SSSR count). The minimum Gasteiger partial charge on any atom is -0.336 e. The Labute approximate surface area is 111 Å². The van der Waals surface area contributed by atoms with Crippen molar-refractivity contribution in [3.8, 4) is 0 Å². The highest BCUT2D eigenvalue weighted by Crippen LogP contribution is 2.28. The van der Waals surface area contributed by atoms with E-state index in [2.05, 4.69) is 24.1 Å². The molecule has 1 heterocycles. The molecule has 1 saturated heterocycles. The maximum absolute atomic E-state index is 12.1. The summed E-state index contributed by atoms with van der Waals surface area (Å²) in [5.41, 5.74) is 0. The summed E-state index contributed by atoms with van der Waals surface area (Å²) < 4.78 is 0. The first-order valence-corrected chi connectivity index (χ1v) is 6.74. The Morgan fingerprint density at radius 1 is 1.29 bits per heavy atom.